The molecule has 3 aromatic rings. The first-order valence-electron chi connectivity index (χ1n) is 11.8. The number of aromatic nitrogens is 1. The molecule has 0 spiro atoms. The highest BCUT2D eigenvalue weighted by Crippen LogP contribution is 2.37. The van der Waals surface area contributed by atoms with Gasteiger partial charge < -0.3 is 19.8 Å². The van der Waals surface area contributed by atoms with Gasteiger partial charge in [-0.05, 0) is 54.6 Å². The average Bonchev–Trinajstić information content (AvgIpc) is 3.33. The lowest BCUT2D eigenvalue weighted by Crippen LogP contribution is -2.17. The molecule has 11 heteroatoms. The van der Waals surface area contributed by atoms with Crippen molar-refractivity contribution in [3.63, 3.8) is 0 Å². The van der Waals surface area contributed by atoms with E-state index in [0.717, 1.165) is 48.0 Å². The van der Waals surface area contributed by atoms with Gasteiger partial charge in [-0.1, -0.05) is 73.3 Å². The Hall–Kier alpha value is -1.85. The second kappa shape index (κ2) is 16.9. The summed E-state index contributed by atoms with van der Waals surface area (Å²) in [6.07, 6.45) is 9.59. The van der Waals surface area contributed by atoms with Crippen LogP contribution < -0.4 is 14.8 Å². The third kappa shape index (κ3) is 10.1. The fourth-order valence-corrected chi connectivity index (χ4v) is 5.74. The predicted octanol–water partition coefficient (Wildman–Crippen LogP) is 7.96. The average molecular weight is 586 g/mol. The van der Waals surface area contributed by atoms with E-state index < -0.39 is 0 Å². The van der Waals surface area contributed by atoms with Crippen LogP contribution in [-0.2, 0) is 11.3 Å². The first-order valence-corrected chi connectivity index (χ1v) is 14.3. The van der Waals surface area contributed by atoms with Crippen LogP contribution in [0.2, 0.25) is 10.0 Å². The van der Waals surface area contributed by atoms with Gasteiger partial charge in [-0.2, -0.15) is 0 Å². The van der Waals surface area contributed by atoms with Crippen LogP contribution in [0.4, 0.5) is 11.4 Å². The van der Waals surface area contributed by atoms with E-state index in [1.54, 1.807) is 18.1 Å². The van der Waals surface area contributed by atoms with Crippen LogP contribution in [0.5, 0.6) is 0 Å². The van der Waals surface area contributed by atoms with Crippen molar-refractivity contribution >= 4 is 75.7 Å². The molecule has 0 fully saturated rings. The minimum atomic E-state index is 0.204. The van der Waals surface area contributed by atoms with E-state index in [0.29, 0.717) is 20.5 Å². The van der Waals surface area contributed by atoms with Crippen molar-refractivity contribution in [3.05, 3.63) is 70.4 Å². The van der Waals surface area contributed by atoms with Gasteiger partial charge in [0.1, 0.15) is 6.29 Å². The molecule has 1 aliphatic carbocycles. The summed E-state index contributed by atoms with van der Waals surface area (Å²) in [6.45, 7) is 4.57. The van der Waals surface area contributed by atoms with Crippen molar-refractivity contribution in [2.75, 3.05) is 17.1 Å². The third-order valence-electron chi connectivity index (χ3n) is 5.33. The van der Waals surface area contributed by atoms with Gasteiger partial charge in [0, 0.05) is 47.3 Å². The van der Waals surface area contributed by atoms with Crippen molar-refractivity contribution < 1.29 is 15.3 Å². The Morgan fingerprint density at radius 3 is 2.38 bits per heavy atom. The molecule has 7 nitrogen and oxygen atoms in total. The highest BCUT2D eigenvalue weighted by Gasteiger charge is 2.18. The van der Waals surface area contributed by atoms with E-state index in [-0.39, 0.29) is 5.92 Å². The summed E-state index contributed by atoms with van der Waals surface area (Å²) in [4.78, 5) is 12.7. The maximum Gasteiger partial charge on any atom is 0.122 e. The molecule has 4 rings (SSSR count). The first-order chi connectivity index (χ1) is 17.9. The molecule has 202 valence electrons. The molecule has 0 radical (unpaired) electrons. The number of hydrogen-bond donors (Lipinski definition) is 6. The Kier molecular flexibility index (Phi) is 14.3. The number of rotatable bonds is 9. The number of anilines is 2. The second-order valence-electron chi connectivity index (χ2n) is 8.51. The fourth-order valence-electron chi connectivity index (χ4n) is 3.43. The van der Waals surface area contributed by atoms with Gasteiger partial charge in [-0.25, -0.2) is 0 Å². The normalized spacial score (nSPS) is 16.4. The monoisotopic (exact) mass is 584 g/mol. The molecule has 2 aromatic carbocycles. The molecule has 0 saturated carbocycles. The van der Waals surface area contributed by atoms with Gasteiger partial charge in [-0.15, -0.1) is 0 Å². The number of aldehydes is 1. The van der Waals surface area contributed by atoms with Crippen molar-refractivity contribution in [1.82, 2.24) is 9.71 Å². The Bertz CT molecular complexity index is 1140. The van der Waals surface area contributed by atoms with Crippen molar-refractivity contribution in [2.45, 2.75) is 43.7 Å². The van der Waals surface area contributed by atoms with E-state index in [1.807, 2.05) is 45.0 Å². The Morgan fingerprint density at radius 2 is 1.76 bits per heavy atom. The number of aromatic amines is 1. The number of fused-ring (bicyclic) bond motifs is 1. The van der Waals surface area contributed by atoms with Gasteiger partial charge in [0.25, 0.3) is 0 Å². The lowest BCUT2D eigenvalue weighted by atomic mass is 10.1. The number of benzene rings is 2. The minimum absolute atomic E-state index is 0.204. The molecule has 1 aromatic heterocycles. The molecule has 1 aliphatic rings. The zero-order valence-electron chi connectivity index (χ0n) is 21.0. The SMILES string of the molecule is CC(C)C=O.CNc1cccc(CNSC2C=CC(SNc3ccc(Cl)c4c(Cl)c[nH]c34)CC2)c1.OO. The smallest absolute Gasteiger partial charge is 0.122 e. The third-order valence-corrected chi connectivity index (χ3v) is 7.98. The molecule has 0 amide bonds. The lowest BCUT2D eigenvalue weighted by Gasteiger charge is -2.22. The molecule has 0 bridgehead atoms. The summed E-state index contributed by atoms with van der Waals surface area (Å²) in [6, 6.07) is 12.4. The van der Waals surface area contributed by atoms with E-state index >= 15 is 0 Å². The van der Waals surface area contributed by atoms with Crippen LogP contribution >= 0.6 is 47.1 Å². The quantitative estimate of drug-likeness (QED) is 0.0494. The fraction of sp³-hybridized carbons (Fsp3) is 0.346. The molecule has 0 aliphatic heterocycles. The van der Waals surface area contributed by atoms with E-state index in [9.17, 15) is 4.79 Å². The van der Waals surface area contributed by atoms with E-state index in [1.165, 1.54) is 5.56 Å². The molecule has 1 heterocycles. The van der Waals surface area contributed by atoms with Crippen LogP contribution in [0, 0.1) is 5.92 Å². The topological polar surface area (TPSA) is 109 Å². The molecular formula is C26H34Cl2N4O3S2. The van der Waals surface area contributed by atoms with E-state index in [2.05, 4.69) is 56.2 Å². The van der Waals surface area contributed by atoms with Crippen molar-refractivity contribution in [2.24, 2.45) is 5.92 Å². The first kappa shape index (κ1) is 31.4. The molecular weight excluding hydrogens is 551 g/mol. The summed E-state index contributed by atoms with van der Waals surface area (Å²) in [5.74, 6) is 0.204. The Morgan fingerprint density at radius 1 is 1.08 bits per heavy atom. The van der Waals surface area contributed by atoms with Crippen LogP contribution in [-0.4, -0.2) is 39.3 Å². The molecule has 2 unspecified atom stereocenters. The summed E-state index contributed by atoms with van der Waals surface area (Å²) in [5.41, 5.74) is 4.37. The highest BCUT2D eigenvalue weighted by molar-refractivity contribution is 8.01. The zero-order chi connectivity index (χ0) is 27.2. The lowest BCUT2D eigenvalue weighted by molar-refractivity contribution is -0.176. The number of carbonyl (C=O) groups is 1. The van der Waals surface area contributed by atoms with Crippen LogP contribution in [0.15, 0.2) is 54.7 Å². The number of H-pyrrole nitrogens is 1. The Labute approximate surface area is 237 Å². The Balaban J connectivity index is 0.000000617. The second-order valence-corrected chi connectivity index (χ2v) is 11.5. The number of hydrogen-bond acceptors (Lipinski definition) is 8. The van der Waals surface area contributed by atoms with Crippen LogP contribution in [0.3, 0.4) is 0 Å². The minimum Gasteiger partial charge on any atom is -0.388 e. The molecule has 0 saturated heterocycles. The number of carbonyl (C=O) groups excluding carboxylic acids is 1. The zero-order valence-corrected chi connectivity index (χ0v) is 24.1. The summed E-state index contributed by atoms with van der Waals surface area (Å²) < 4.78 is 6.99. The summed E-state index contributed by atoms with van der Waals surface area (Å²) in [5, 5.41) is 18.3. The van der Waals surface area contributed by atoms with Crippen LogP contribution in [0.25, 0.3) is 10.9 Å². The van der Waals surface area contributed by atoms with E-state index in [4.69, 9.17) is 33.7 Å². The van der Waals surface area contributed by atoms with Gasteiger partial charge in [0.2, 0.25) is 0 Å². The van der Waals surface area contributed by atoms with Gasteiger partial charge in [-0.3, -0.25) is 15.2 Å². The number of nitrogens with one attached hydrogen (secondary N) is 4. The highest BCUT2D eigenvalue weighted by atomic mass is 35.5. The van der Waals surface area contributed by atoms with Crippen molar-refractivity contribution in [3.8, 4) is 0 Å². The van der Waals surface area contributed by atoms with Crippen molar-refractivity contribution in [1.29, 1.82) is 0 Å². The van der Waals surface area contributed by atoms with Gasteiger partial charge in [0.05, 0.1) is 21.2 Å². The maximum absolute atomic E-state index is 9.50. The predicted molar refractivity (Wildman–Crippen MR) is 162 cm³/mol. The largest absolute Gasteiger partial charge is 0.388 e. The van der Waals surface area contributed by atoms with Crippen LogP contribution in [0.1, 0.15) is 32.3 Å². The van der Waals surface area contributed by atoms with Gasteiger partial charge >= 0.3 is 0 Å². The number of halogens is 2. The molecule has 6 N–H and O–H groups in total. The summed E-state index contributed by atoms with van der Waals surface area (Å²) >= 11 is 16.0. The standard InChI is InChI=1S/C22H24Cl2N4S2.C4H8O.H2O2/c1-25-15-4-2-3-14(11-15)12-27-29-16-5-7-17(8-6-16)30-28-20-10-9-18(23)21-19(24)13-26-22(20)21;1-4(2)3-5;1-2/h2-5,7,9-11,13,16-17,25-28H,6,8,12H2,1H3;3-4H,1-2H3;1-2H. The van der Waals surface area contributed by atoms with Gasteiger partial charge in [0.15, 0.2) is 0 Å². The molecule has 2 atom stereocenters. The summed E-state index contributed by atoms with van der Waals surface area (Å²) in [7, 11) is 1.94. The maximum atomic E-state index is 9.50. The molecule has 37 heavy (non-hydrogen) atoms.